The number of aryl methyl sites for hydroxylation is 1. The number of carbonyl (C=O) groups is 1. The third-order valence-electron chi connectivity index (χ3n) is 7.36. The molecule has 0 saturated carbocycles. The average molecular weight is 631 g/mol. The number of piperazine rings is 1. The lowest BCUT2D eigenvalue weighted by molar-refractivity contribution is -0.183. The molecular formula is C31H32BClF4N4O3. The van der Waals surface area contributed by atoms with Gasteiger partial charge in [-0.15, -0.1) is 0 Å². The second-order valence-corrected chi connectivity index (χ2v) is 10.8. The first-order valence-electron chi connectivity index (χ1n) is 13.8. The van der Waals surface area contributed by atoms with Gasteiger partial charge >= 0.3 is 6.18 Å². The summed E-state index contributed by atoms with van der Waals surface area (Å²) in [6, 6.07) is 12.1. The highest BCUT2D eigenvalue weighted by atomic mass is 35.5. The van der Waals surface area contributed by atoms with Crippen LogP contribution in [0.1, 0.15) is 21.5 Å². The Bertz CT molecular complexity index is 1490. The van der Waals surface area contributed by atoms with Crippen LogP contribution in [0.2, 0.25) is 5.02 Å². The minimum atomic E-state index is -4.54. The number of halogens is 5. The summed E-state index contributed by atoms with van der Waals surface area (Å²) in [4.78, 5) is 20.9. The summed E-state index contributed by atoms with van der Waals surface area (Å²) in [5, 5.41) is 0.253. The molecule has 1 unspecified atom stereocenters. The van der Waals surface area contributed by atoms with Gasteiger partial charge in [0.15, 0.2) is 7.85 Å². The highest BCUT2D eigenvalue weighted by Crippen LogP contribution is 2.32. The predicted octanol–water partition coefficient (Wildman–Crippen LogP) is 5.79. The van der Waals surface area contributed by atoms with Crippen LogP contribution in [-0.2, 0) is 11.3 Å². The average Bonchev–Trinajstić information content (AvgIpc) is 2.97. The van der Waals surface area contributed by atoms with Crippen LogP contribution in [0.15, 0.2) is 66.9 Å². The third kappa shape index (κ3) is 8.31. The monoisotopic (exact) mass is 630 g/mol. The zero-order valence-electron chi connectivity index (χ0n) is 24.4. The maximum Gasteiger partial charge on any atom is 0.405 e. The first-order chi connectivity index (χ1) is 20.9. The number of aromatic nitrogens is 1. The summed E-state index contributed by atoms with van der Waals surface area (Å²) < 4.78 is 68.3. The summed E-state index contributed by atoms with van der Waals surface area (Å²) in [6.45, 7) is 6.32. The van der Waals surface area contributed by atoms with Gasteiger partial charge in [-0.05, 0) is 36.8 Å². The van der Waals surface area contributed by atoms with Gasteiger partial charge in [0.05, 0.1) is 6.61 Å². The zero-order valence-corrected chi connectivity index (χ0v) is 25.2. The SMILES string of the molecule is [B]C(=O)c1ccc(C)c(N(CCOC)C(=C)CN2CCN(c3cccc(OCc4ccc(Cl)cc4F)n3)CC2C(F)(F)F)c1. The first kappa shape index (κ1) is 33.3. The van der Waals surface area contributed by atoms with Gasteiger partial charge in [0.2, 0.25) is 5.88 Å². The van der Waals surface area contributed by atoms with E-state index in [1.165, 1.54) is 30.2 Å². The normalized spacial score (nSPS) is 15.7. The molecule has 1 aliphatic heterocycles. The molecule has 0 N–H and O–H groups in total. The van der Waals surface area contributed by atoms with Crippen LogP contribution in [0.4, 0.5) is 29.1 Å². The molecule has 1 aliphatic rings. The molecule has 44 heavy (non-hydrogen) atoms. The molecule has 7 nitrogen and oxygen atoms in total. The number of rotatable bonds is 12. The molecule has 2 heterocycles. The Morgan fingerprint density at radius 1 is 1.18 bits per heavy atom. The number of alkyl halides is 3. The molecule has 3 aromatic rings. The van der Waals surface area contributed by atoms with Crippen molar-refractivity contribution in [2.75, 3.05) is 56.2 Å². The molecule has 232 valence electrons. The fraction of sp³-hybridized carbons (Fsp3) is 0.355. The van der Waals surface area contributed by atoms with E-state index in [0.29, 0.717) is 23.7 Å². The van der Waals surface area contributed by atoms with Gasteiger partial charge in [-0.25, -0.2) is 4.39 Å². The number of hydrogen-bond donors (Lipinski definition) is 0. The Morgan fingerprint density at radius 2 is 1.95 bits per heavy atom. The van der Waals surface area contributed by atoms with Crippen molar-refractivity contribution in [3.05, 3.63) is 94.4 Å². The summed E-state index contributed by atoms with van der Waals surface area (Å²) in [6.07, 6.45) is -4.54. The van der Waals surface area contributed by atoms with Crippen LogP contribution in [0.5, 0.6) is 5.88 Å². The molecule has 0 spiro atoms. The van der Waals surface area contributed by atoms with E-state index in [0.717, 1.165) is 5.56 Å². The van der Waals surface area contributed by atoms with Crippen LogP contribution in [0, 0.1) is 12.7 Å². The topological polar surface area (TPSA) is 58.1 Å². The van der Waals surface area contributed by atoms with Gasteiger partial charge in [-0.2, -0.15) is 18.2 Å². The van der Waals surface area contributed by atoms with Gasteiger partial charge < -0.3 is 24.1 Å². The highest BCUT2D eigenvalue weighted by Gasteiger charge is 2.47. The Labute approximate surface area is 260 Å². The summed E-state index contributed by atoms with van der Waals surface area (Å²) in [5.41, 5.74) is 1.76. The van der Waals surface area contributed by atoms with Crippen LogP contribution >= 0.6 is 11.6 Å². The third-order valence-corrected chi connectivity index (χ3v) is 7.60. The van der Waals surface area contributed by atoms with E-state index in [1.807, 2.05) is 6.92 Å². The van der Waals surface area contributed by atoms with Gasteiger partial charge in [-0.3, -0.25) is 4.90 Å². The molecule has 1 atom stereocenters. The van der Waals surface area contributed by atoms with Crippen LogP contribution in [0.25, 0.3) is 0 Å². The lowest BCUT2D eigenvalue weighted by Gasteiger charge is -2.43. The number of methoxy groups -OCH3 is 1. The van der Waals surface area contributed by atoms with Crippen LogP contribution in [-0.4, -0.2) is 82.1 Å². The smallest absolute Gasteiger partial charge is 0.405 e. The van der Waals surface area contributed by atoms with Gasteiger partial charge in [0, 0.05) is 73.4 Å². The van der Waals surface area contributed by atoms with Crippen LogP contribution < -0.4 is 14.5 Å². The molecule has 0 bridgehead atoms. The lowest BCUT2D eigenvalue weighted by atomic mass is 9.93. The maximum absolute atomic E-state index is 14.4. The van der Waals surface area contributed by atoms with Crippen LogP contribution in [0.3, 0.4) is 0 Å². The number of ether oxygens (including phenoxy) is 2. The van der Waals surface area contributed by atoms with Gasteiger partial charge in [-0.1, -0.05) is 42.4 Å². The van der Waals surface area contributed by atoms with E-state index >= 15 is 0 Å². The highest BCUT2D eigenvalue weighted by molar-refractivity contribution is 6.62. The first-order valence-corrected chi connectivity index (χ1v) is 14.2. The van der Waals surface area contributed by atoms with Gasteiger partial charge in [0.25, 0.3) is 0 Å². The van der Waals surface area contributed by atoms with E-state index in [9.17, 15) is 22.4 Å². The molecule has 1 aromatic heterocycles. The van der Waals surface area contributed by atoms with Crippen molar-refractivity contribution in [2.24, 2.45) is 0 Å². The Balaban J connectivity index is 1.49. The predicted molar refractivity (Wildman–Crippen MR) is 163 cm³/mol. The molecule has 0 amide bonds. The Hall–Kier alpha value is -3.61. The number of nitrogens with zero attached hydrogens (tertiary/aromatic N) is 4. The number of hydrogen-bond acceptors (Lipinski definition) is 7. The van der Waals surface area contributed by atoms with Crippen molar-refractivity contribution in [3.8, 4) is 5.88 Å². The fourth-order valence-electron chi connectivity index (χ4n) is 4.98. The van der Waals surface area contributed by atoms with E-state index in [-0.39, 0.29) is 61.4 Å². The molecule has 1 saturated heterocycles. The minimum absolute atomic E-state index is 0.0738. The quantitative estimate of drug-likeness (QED) is 0.186. The van der Waals surface area contributed by atoms with Crippen molar-refractivity contribution >= 4 is 36.6 Å². The molecule has 0 aliphatic carbocycles. The summed E-state index contributed by atoms with van der Waals surface area (Å²) in [7, 11) is 7.00. The van der Waals surface area contributed by atoms with E-state index in [4.69, 9.17) is 28.9 Å². The minimum Gasteiger partial charge on any atom is -0.473 e. The lowest BCUT2D eigenvalue weighted by Crippen LogP contribution is -2.60. The number of benzene rings is 2. The van der Waals surface area contributed by atoms with Crippen molar-refractivity contribution in [1.82, 2.24) is 9.88 Å². The van der Waals surface area contributed by atoms with E-state index in [2.05, 4.69) is 11.6 Å². The second-order valence-electron chi connectivity index (χ2n) is 10.4. The zero-order chi connectivity index (χ0) is 32.0. The number of carbonyl (C=O) groups excluding carboxylic acids is 1. The molecule has 2 aromatic carbocycles. The van der Waals surface area contributed by atoms with Crippen molar-refractivity contribution in [2.45, 2.75) is 25.7 Å². The summed E-state index contributed by atoms with van der Waals surface area (Å²) >= 11 is 5.80. The Morgan fingerprint density at radius 3 is 2.64 bits per heavy atom. The Kier molecular flexibility index (Phi) is 10.9. The molecular weight excluding hydrogens is 599 g/mol. The fourth-order valence-corrected chi connectivity index (χ4v) is 5.14. The van der Waals surface area contributed by atoms with Crippen molar-refractivity contribution < 1.29 is 31.8 Å². The van der Waals surface area contributed by atoms with Crippen molar-refractivity contribution in [3.63, 3.8) is 0 Å². The summed E-state index contributed by atoms with van der Waals surface area (Å²) in [5.74, 6) is -0.0677. The maximum atomic E-state index is 14.4. The molecule has 1 fully saturated rings. The number of pyridine rings is 1. The van der Waals surface area contributed by atoms with Crippen molar-refractivity contribution in [1.29, 1.82) is 0 Å². The molecule has 4 rings (SSSR count). The second kappa shape index (κ2) is 14.5. The largest absolute Gasteiger partial charge is 0.473 e. The van der Waals surface area contributed by atoms with E-state index < -0.39 is 23.7 Å². The molecule has 13 heteroatoms. The van der Waals surface area contributed by atoms with Gasteiger partial charge in [0.1, 0.15) is 30.0 Å². The molecule has 2 radical (unpaired) electrons. The standard InChI is InChI=1S/C31H32BClF4N4O3/c1-20-7-8-22(30(32)42)15-26(20)41(13-14-43-3)21(2)17-39-11-12-40(18-27(39)31(35,36)37)28-5-4-6-29(38-28)44-19-23-9-10-24(33)16-25(23)34/h4-10,15-16,27H,2,11-14,17-19H2,1,3H3. The van der Waals surface area contributed by atoms with E-state index in [1.54, 1.807) is 46.2 Å². The number of anilines is 2.